The Bertz CT molecular complexity index is 1680. The van der Waals surface area contributed by atoms with E-state index >= 15 is 0 Å². The second kappa shape index (κ2) is 18.1. The van der Waals surface area contributed by atoms with Crippen LogP contribution in [0.25, 0.3) is 33.3 Å². The van der Waals surface area contributed by atoms with Crippen LogP contribution < -0.4 is 14.2 Å². The van der Waals surface area contributed by atoms with Gasteiger partial charge in [0.1, 0.15) is 0 Å². The predicted molar refractivity (Wildman–Crippen MR) is 196 cm³/mol. The van der Waals surface area contributed by atoms with Crippen LogP contribution in [-0.2, 0) is 13.1 Å². The lowest BCUT2D eigenvalue weighted by Crippen LogP contribution is -2.45. The lowest BCUT2D eigenvalue weighted by molar-refractivity contribution is 0.122. The van der Waals surface area contributed by atoms with Gasteiger partial charge >= 0.3 is 0 Å². The Kier molecular flexibility index (Phi) is 15.3. The fraction of sp³-hybridized carbons (Fsp3) is 0.257. The van der Waals surface area contributed by atoms with Gasteiger partial charge in [-0.3, -0.25) is 19.8 Å². The summed E-state index contributed by atoms with van der Waals surface area (Å²) in [4.78, 5) is 14.3. The van der Waals surface area contributed by atoms with E-state index in [9.17, 15) is 0 Å². The lowest BCUT2D eigenvalue weighted by atomic mass is 10.0. The largest absolute Gasteiger partial charge is 0.493 e. The number of benzene rings is 3. The second-order valence-electron chi connectivity index (χ2n) is 10.6. The van der Waals surface area contributed by atoms with Crippen molar-refractivity contribution in [2.45, 2.75) is 13.1 Å². The van der Waals surface area contributed by atoms with E-state index in [-0.39, 0.29) is 49.6 Å². The molecular weight excluding hydrogens is 666 g/mol. The molecule has 0 spiro atoms. The van der Waals surface area contributed by atoms with Crippen molar-refractivity contribution in [3.63, 3.8) is 0 Å². The first kappa shape index (κ1) is 38.9. The zero-order valence-corrected chi connectivity index (χ0v) is 29.3. The summed E-state index contributed by atoms with van der Waals surface area (Å²) >= 11 is 0. The number of halogens is 4. The van der Waals surface area contributed by atoms with Crippen LogP contribution in [0.4, 0.5) is 0 Å². The van der Waals surface area contributed by atoms with Crippen LogP contribution in [0.3, 0.4) is 0 Å². The molecule has 2 aromatic heterocycles. The van der Waals surface area contributed by atoms with Crippen LogP contribution >= 0.6 is 49.6 Å². The summed E-state index contributed by atoms with van der Waals surface area (Å²) in [5, 5.41) is 2.49. The van der Waals surface area contributed by atoms with Gasteiger partial charge in [0.15, 0.2) is 11.5 Å². The van der Waals surface area contributed by atoms with Crippen molar-refractivity contribution in [1.29, 1.82) is 0 Å². The number of piperazine rings is 1. The number of rotatable bonds is 9. The normalized spacial score (nSPS) is 12.9. The molecule has 0 aliphatic carbocycles. The number of aromatic nitrogens is 2. The molecule has 1 fully saturated rings. The molecule has 3 heterocycles. The van der Waals surface area contributed by atoms with Crippen molar-refractivity contribution < 1.29 is 14.2 Å². The van der Waals surface area contributed by atoms with Crippen molar-refractivity contribution in [1.82, 2.24) is 19.8 Å². The molecule has 0 radical (unpaired) electrons. The maximum Gasteiger partial charge on any atom is 0.203 e. The Balaban J connectivity index is 0.00000184. The van der Waals surface area contributed by atoms with Gasteiger partial charge in [0.25, 0.3) is 0 Å². The summed E-state index contributed by atoms with van der Waals surface area (Å²) in [6, 6.07) is 27.5. The Morgan fingerprint density at radius 2 is 1.04 bits per heavy atom. The zero-order valence-electron chi connectivity index (χ0n) is 26.0. The monoisotopic (exact) mass is 704 g/mol. The first-order chi connectivity index (χ1) is 20.6. The minimum absolute atomic E-state index is 0. The van der Waals surface area contributed by atoms with Crippen molar-refractivity contribution >= 4 is 60.4 Å². The molecule has 1 saturated heterocycles. The molecule has 7 nitrogen and oxygen atoms in total. The van der Waals surface area contributed by atoms with Crippen LogP contribution in [0.2, 0.25) is 0 Å². The summed E-state index contributed by atoms with van der Waals surface area (Å²) in [6.07, 6.45) is 3.81. The summed E-state index contributed by atoms with van der Waals surface area (Å²) in [5.41, 5.74) is 6.52. The Hall–Kier alpha value is -3.30. The third-order valence-corrected chi connectivity index (χ3v) is 7.93. The fourth-order valence-corrected chi connectivity index (χ4v) is 5.66. The zero-order chi connectivity index (χ0) is 28.9. The lowest BCUT2D eigenvalue weighted by Gasteiger charge is -2.34. The summed E-state index contributed by atoms with van der Waals surface area (Å²) in [7, 11) is 4.87. The maximum atomic E-state index is 5.54. The van der Waals surface area contributed by atoms with Crippen LogP contribution in [0.15, 0.2) is 91.3 Å². The van der Waals surface area contributed by atoms with E-state index in [1.165, 1.54) is 21.9 Å². The molecule has 5 aromatic rings. The molecule has 0 atom stereocenters. The Morgan fingerprint density at radius 3 is 1.54 bits per heavy atom. The summed E-state index contributed by atoms with van der Waals surface area (Å²) in [6.45, 7) is 5.90. The van der Waals surface area contributed by atoms with Gasteiger partial charge in [-0.2, -0.15) is 0 Å². The molecule has 46 heavy (non-hydrogen) atoms. The van der Waals surface area contributed by atoms with Gasteiger partial charge in [-0.25, -0.2) is 0 Å². The van der Waals surface area contributed by atoms with Gasteiger partial charge in [-0.05, 0) is 64.4 Å². The van der Waals surface area contributed by atoms with E-state index in [0.717, 1.165) is 61.8 Å². The van der Waals surface area contributed by atoms with E-state index in [0.29, 0.717) is 17.2 Å². The maximum absolute atomic E-state index is 5.54. The molecule has 0 bridgehead atoms. The van der Waals surface area contributed by atoms with Gasteiger partial charge in [0.05, 0.1) is 32.7 Å². The number of hydrogen-bond donors (Lipinski definition) is 0. The smallest absolute Gasteiger partial charge is 0.203 e. The van der Waals surface area contributed by atoms with Crippen LogP contribution in [-0.4, -0.2) is 67.3 Å². The number of hydrogen-bond acceptors (Lipinski definition) is 7. The number of fused-ring (bicyclic) bond motifs is 1. The van der Waals surface area contributed by atoms with E-state index in [2.05, 4.69) is 86.5 Å². The highest BCUT2D eigenvalue weighted by atomic mass is 35.5. The van der Waals surface area contributed by atoms with Gasteiger partial charge in [-0.1, -0.05) is 36.4 Å². The molecular formula is C35H40Cl4N4O3. The second-order valence-corrected chi connectivity index (χ2v) is 10.6. The third-order valence-electron chi connectivity index (χ3n) is 7.93. The van der Waals surface area contributed by atoms with Crippen molar-refractivity contribution in [2.24, 2.45) is 0 Å². The summed E-state index contributed by atoms with van der Waals surface area (Å²) in [5.74, 6) is 1.82. The SMILES string of the molecule is COc1cc(-c2cc(CN3CCN(Cc4ccnc(-c5ccc6ccccc6c5)c4)CC3)ccn2)cc(OC)c1OC.Cl.Cl.Cl.Cl. The third kappa shape index (κ3) is 8.94. The Morgan fingerprint density at radius 1 is 0.543 bits per heavy atom. The minimum atomic E-state index is 0. The van der Waals surface area contributed by atoms with Crippen LogP contribution in [0, 0.1) is 0 Å². The number of methoxy groups -OCH3 is 3. The standard InChI is InChI=1S/C35H36N4O3.4ClH/c1-40-33-21-30(22-34(41-2)35(33)42-3)32-19-26(11-13-37-32)24-39-16-14-38(15-17-39)23-25-10-12-36-31(18-25)29-9-8-27-6-4-5-7-28(27)20-29;;;;/h4-13,18-22H,14-17,23-24H2,1-3H3;4*1H. The number of ether oxygens (including phenoxy) is 3. The molecule has 246 valence electrons. The fourth-order valence-electron chi connectivity index (χ4n) is 5.66. The number of nitrogens with zero attached hydrogens (tertiary/aromatic N) is 4. The molecule has 0 unspecified atom stereocenters. The van der Waals surface area contributed by atoms with E-state index < -0.39 is 0 Å². The molecule has 0 saturated carbocycles. The average Bonchev–Trinajstić information content (AvgIpc) is 3.05. The average molecular weight is 707 g/mol. The predicted octanol–water partition coefficient (Wildman–Crippen LogP) is 7.99. The molecule has 6 rings (SSSR count). The van der Waals surface area contributed by atoms with Gasteiger partial charge < -0.3 is 14.2 Å². The Labute approximate surface area is 295 Å². The van der Waals surface area contributed by atoms with Gasteiger partial charge in [0.2, 0.25) is 5.75 Å². The quantitative estimate of drug-likeness (QED) is 0.154. The highest BCUT2D eigenvalue weighted by Gasteiger charge is 2.19. The number of pyridine rings is 2. The molecule has 0 amide bonds. The van der Waals surface area contributed by atoms with Crippen molar-refractivity contribution in [3.05, 3.63) is 102 Å². The molecule has 11 heteroatoms. The van der Waals surface area contributed by atoms with Crippen molar-refractivity contribution in [3.8, 4) is 39.8 Å². The first-order valence-corrected chi connectivity index (χ1v) is 14.3. The molecule has 1 aliphatic heterocycles. The van der Waals surface area contributed by atoms with Crippen LogP contribution in [0.5, 0.6) is 17.2 Å². The highest BCUT2D eigenvalue weighted by Crippen LogP contribution is 2.41. The van der Waals surface area contributed by atoms with Crippen molar-refractivity contribution in [2.75, 3.05) is 47.5 Å². The van der Waals surface area contributed by atoms with E-state index in [1.54, 1.807) is 21.3 Å². The molecule has 1 aliphatic rings. The molecule has 3 aromatic carbocycles. The van der Waals surface area contributed by atoms with E-state index in [4.69, 9.17) is 14.2 Å². The van der Waals surface area contributed by atoms with Gasteiger partial charge in [-0.15, -0.1) is 49.6 Å². The highest BCUT2D eigenvalue weighted by molar-refractivity contribution is 5.87. The summed E-state index contributed by atoms with van der Waals surface area (Å²) < 4.78 is 16.6. The molecule has 0 N–H and O–H groups in total. The van der Waals surface area contributed by atoms with Gasteiger partial charge in [0, 0.05) is 62.8 Å². The first-order valence-electron chi connectivity index (χ1n) is 14.3. The van der Waals surface area contributed by atoms with E-state index in [1.807, 2.05) is 24.5 Å². The minimum Gasteiger partial charge on any atom is -0.493 e. The van der Waals surface area contributed by atoms with Crippen LogP contribution in [0.1, 0.15) is 11.1 Å². The topological polar surface area (TPSA) is 60.0 Å².